The molecule has 2 rings (SSSR count). The molecule has 0 spiro atoms. The van der Waals surface area contributed by atoms with Gasteiger partial charge in [-0.2, -0.15) is 0 Å². The first-order valence-corrected chi connectivity index (χ1v) is 5.34. The van der Waals surface area contributed by atoms with Gasteiger partial charge in [-0.15, -0.1) is 0 Å². The van der Waals surface area contributed by atoms with Gasteiger partial charge in [-0.3, -0.25) is 0 Å². The molecule has 16 heavy (non-hydrogen) atoms. The monoisotopic (exact) mass is 225 g/mol. The molecular formula is C12H16FNO2. The normalized spacial score (nSPS) is 24.4. The van der Waals surface area contributed by atoms with Crippen molar-refractivity contribution in [1.82, 2.24) is 5.32 Å². The predicted molar refractivity (Wildman–Crippen MR) is 59.8 cm³/mol. The van der Waals surface area contributed by atoms with E-state index in [1.165, 1.54) is 0 Å². The SMILES string of the molecule is COc1ccc(C2CC(F)CN2)cc1OC. The Morgan fingerprint density at radius 2 is 2.00 bits per heavy atom. The van der Waals surface area contributed by atoms with Crippen molar-refractivity contribution in [2.75, 3.05) is 20.8 Å². The molecule has 0 aromatic heterocycles. The van der Waals surface area contributed by atoms with Crippen molar-refractivity contribution in [1.29, 1.82) is 0 Å². The van der Waals surface area contributed by atoms with E-state index in [1.807, 2.05) is 18.2 Å². The van der Waals surface area contributed by atoms with Crippen LogP contribution in [0, 0.1) is 0 Å². The number of alkyl halides is 1. The number of ether oxygens (including phenoxy) is 2. The Balaban J connectivity index is 2.22. The Labute approximate surface area is 94.6 Å². The van der Waals surface area contributed by atoms with Crippen LogP contribution in [-0.2, 0) is 0 Å². The van der Waals surface area contributed by atoms with E-state index in [9.17, 15) is 4.39 Å². The maximum atomic E-state index is 13.1. The molecule has 1 aromatic carbocycles. The van der Waals surface area contributed by atoms with Gasteiger partial charge in [0.2, 0.25) is 0 Å². The maximum absolute atomic E-state index is 13.1. The van der Waals surface area contributed by atoms with E-state index in [0.29, 0.717) is 24.5 Å². The molecule has 3 nitrogen and oxygen atoms in total. The van der Waals surface area contributed by atoms with Crippen LogP contribution in [0.3, 0.4) is 0 Å². The van der Waals surface area contributed by atoms with E-state index in [1.54, 1.807) is 14.2 Å². The van der Waals surface area contributed by atoms with Crippen LogP contribution in [0.15, 0.2) is 18.2 Å². The van der Waals surface area contributed by atoms with Gasteiger partial charge in [-0.25, -0.2) is 4.39 Å². The first kappa shape index (κ1) is 11.2. The fourth-order valence-corrected chi connectivity index (χ4v) is 2.02. The van der Waals surface area contributed by atoms with Gasteiger partial charge in [0.1, 0.15) is 6.17 Å². The number of hydrogen-bond acceptors (Lipinski definition) is 3. The zero-order valence-corrected chi connectivity index (χ0v) is 9.50. The molecule has 0 bridgehead atoms. The van der Waals surface area contributed by atoms with Crippen molar-refractivity contribution in [3.63, 3.8) is 0 Å². The molecule has 2 unspecified atom stereocenters. The third-order valence-electron chi connectivity index (χ3n) is 2.89. The first-order valence-electron chi connectivity index (χ1n) is 5.34. The van der Waals surface area contributed by atoms with E-state index in [0.717, 1.165) is 5.56 Å². The van der Waals surface area contributed by atoms with Crippen LogP contribution in [0.1, 0.15) is 18.0 Å². The molecule has 0 aliphatic carbocycles. The first-order chi connectivity index (χ1) is 7.74. The lowest BCUT2D eigenvalue weighted by atomic mass is 10.0. The fourth-order valence-electron chi connectivity index (χ4n) is 2.02. The van der Waals surface area contributed by atoms with Gasteiger partial charge < -0.3 is 14.8 Å². The molecule has 0 radical (unpaired) electrons. The average Bonchev–Trinajstić information content (AvgIpc) is 2.75. The highest BCUT2D eigenvalue weighted by Crippen LogP contribution is 2.33. The number of benzene rings is 1. The summed E-state index contributed by atoms with van der Waals surface area (Å²) in [5, 5.41) is 3.14. The Morgan fingerprint density at radius 3 is 2.56 bits per heavy atom. The molecule has 4 heteroatoms. The molecule has 0 saturated carbocycles. The van der Waals surface area contributed by atoms with Gasteiger partial charge >= 0.3 is 0 Å². The van der Waals surface area contributed by atoms with Gasteiger partial charge in [0.15, 0.2) is 11.5 Å². The van der Waals surface area contributed by atoms with Gasteiger partial charge in [-0.05, 0) is 24.1 Å². The zero-order valence-electron chi connectivity index (χ0n) is 9.50. The van der Waals surface area contributed by atoms with Crippen LogP contribution < -0.4 is 14.8 Å². The number of halogens is 1. The summed E-state index contributed by atoms with van der Waals surface area (Å²) in [6, 6.07) is 5.77. The van der Waals surface area contributed by atoms with E-state index < -0.39 is 6.17 Å². The Hall–Kier alpha value is -1.29. The average molecular weight is 225 g/mol. The summed E-state index contributed by atoms with van der Waals surface area (Å²) >= 11 is 0. The highest BCUT2D eigenvalue weighted by atomic mass is 19.1. The van der Waals surface area contributed by atoms with E-state index in [2.05, 4.69) is 5.32 Å². The molecule has 1 saturated heterocycles. The van der Waals surface area contributed by atoms with E-state index in [4.69, 9.17) is 9.47 Å². The second-order valence-electron chi connectivity index (χ2n) is 3.91. The van der Waals surface area contributed by atoms with Crippen molar-refractivity contribution in [2.45, 2.75) is 18.6 Å². The number of rotatable bonds is 3. The highest BCUT2D eigenvalue weighted by molar-refractivity contribution is 5.44. The van der Waals surface area contributed by atoms with Gasteiger partial charge in [0.25, 0.3) is 0 Å². The van der Waals surface area contributed by atoms with Crippen molar-refractivity contribution >= 4 is 0 Å². The maximum Gasteiger partial charge on any atom is 0.161 e. The van der Waals surface area contributed by atoms with Crippen LogP contribution in [0.5, 0.6) is 11.5 Å². The summed E-state index contributed by atoms with van der Waals surface area (Å²) < 4.78 is 23.4. The summed E-state index contributed by atoms with van der Waals surface area (Å²) in [5.74, 6) is 1.38. The van der Waals surface area contributed by atoms with Gasteiger partial charge in [0.05, 0.1) is 14.2 Å². The minimum Gasteiger partial charge on any atom is -0.493 e. The fraction of sp³-hybridized carbons (Fsp3) is 0.500. The van der Waals surface area contributed by atoms with E-state index in [-0.39, 0.29) is 6.04 Å². The Kier molecular flexibility index (Phi) is 3.29. The van der Waals surface area contributed by atoms with E-state index >= 15 is 0 Å². The third kappa shape index (κ3) is 2.11. The van der Waals surface area contributed by atoms with Crippen LogP contribution in [0.25, 0.3) is 0 Å². The quantitative estimate of drug-likeness (QED) is 0.854. The number of methoxy groups -OCH3 is 2. The number of nitrogens with one attached hydrogen (secondary N) is 1. The summed E-state index contributed by atoms with van der Waals surface area (Å²) in [5.41, 5.74) is 1.04. The summed E-state index contributed by atoms with van der Waals surface area (Å²) in [6.45, 7) is 0.430. The molecule has 88 valence electrons. The highest BCUT2D eigenvalue weighted by Gasteiger charge is 2.25. The molecule has 1 aromatic rings. The molecule has 1 N–H and O–H groups in total. The predicted octanol–water partition coefficient (Wildman–Crippen LogP) is 2.08. The molecule has 1 fully saturated rings. The minimum absolute atomic E-state index is 0.0785. The lowest BCUT2D eigenvalue weighted by molar-refractivity contribution is 0.351. The van der Waals surface area contributed by atoms with Crippen molar-refractivity contribution in [3.8, 4) is 11.5 Å². The van der Waals surface area contributed by atoms with Crippen molar-refractivity contribution in [3.05, 3.63) is 23.8 Å². The Morgan fingerprint density at radius 1 is 1.25 bits per heavy atom. The summed E-state index contributed by atoms with van der Waals surface area (Å²) in [7, 11) is 3.20. The zero-order chi connectivity index (χ0) is 11.5. The summed E-state index contributed by atoms with van der Waals surface area (Å²) in [4.78, 5) is 0. The van der Waals surface area contributed by atoms with Crippen LogP contribution in [0.2, 0.25) is 0 Å². The molecule has 1 aliphatic heterocycles. The van der Waals surface area contributed by atoms with Crippen molar-refractivity contribution < 1.29 is 13.9 Å². The van der Waals surface area contributed by atoms with Crippen LogP contribution in [-0.4, -0.2) is 26.9 Å². The second-order valence-corrected chi connectivity index (χ2v) is 3.91. The Bertz CT molecular complexity index is 370. The molecular weight excluding hydrogens is 209 g/mol. The largest absolute Gasteiger partial charge is 0.493 e. The van der Waals surface area contributed by atoms with Crippen molar-refractivity contribution in [2.24, 2.45) is 0 Å². The smallest absolute Gasteiger partial charge is 0.161 e. The lowest BCUT2D eigenvalue weighted by Gasteiger charge is -2.13. The second kappa shape index (κ2) is 4.70. The standard InChI is InChI=1S/C12H16FNO2/c1-15-11-4-3-8(5-12(11)16-2)10-6-9(13)7-14-10/h3-5,9-10,14H,6-7H2,1-2H3. The lowest BCUT2D eigenvalue weighted by Crippen LogP contribution is -2.13. The molecule has 0 amide bonds. The third-order valence-corrected chi connectivity index (χ3v) is 2.89. The summed E-state index contributed by atoms with van der Waals surface area (Å²) in [6.07, 6.45) is -0.228. The van der Waals surface area contributed by atoms with Gasteiger partial charge in [-0.1, -0.05) is 6.07 Å². The molecule has 1 heterocycles. The van der Waals surface area contributed by atoms with Gasteiger partial charge in [0, 0.05) is 12.6 Å². The molecule has 1 aliphatic rings. The van der Waals surface area contributed by atoms with Crippen LogP contribution >= 0.6 is 0 Å². The minimum atomic E-state index is -0.752. The number of hydrogen-bond donors (Lipinski definition) is 1. The topological polar surface area (TPSA) is 30.5 Å². The van der Waals surface area contributed by atoms with Crippen LogP contribution in [0.4, 0.5) is 4.39 Å². The molecule has 2 atom stereocenters.